The second-order valence-electron chi connectivity index (χ2n) is 17.7. The van der Waals surface area contributed by atoms with Crippen LogP contribution in [0.15, 0.2) is 0 Å². The molecule has 28 nitrogen and oxygen atoms in total. The van der Waals surface area contributed by atoms with Crippen LogP contribution < -0.4 is 10.6 Å². The molecule has 502 valence electrons. The largest absolute Gasteiger partial charge is 0.382 e. The Morgan fingerprint density at radius 1 is 0.250 bits per heavy atom. The van der Waals surface area contributed by atoms with Crippen molar-refractivity contribution in [1.29, 1.82) is 0 Å². The van der Waals surface area contributed by atoms with Gasteiger partial charge in [-0.25, -0.2) is 0 Å². The molecule has 0 aromatic heterocycles. The van der Waals surface area contributed by atoms with Gasteiger partial charge in [-0.05, 0) is 26.2 Å². The van der Waals surface area contributed by atoms with Gasteiger partial charge in [-0.1, -0.05) is 0 Å². The molecule has 0 bridgehead atoms. The lowest BCUT2D eigenvalue weighted by molar-refractivity contribution is -0.127. The number of methoxy groups -OCH3 is 2. The summed E-state index contributed by atoms with van der Waals surface area (Å²) in [4.78, 5) is 24.3. The highest BCUT2D eigenvalue weighted by Gasteiger charge is 2.09. The van der Waals surface area contributed by atoms with Crippen LogP contribution in [0.3, 0.4) is 0 Å². The predicted octanol–water partition coefficient (Wildman–Crippen LogP) is 0.436. The van der Waals surface area contributed by atoms with E-state index in [1.807, 2.05) is 6.92 Å². The lowest BCUT2D eigenvalue weighted by Gasteiger charge is -2.14. The van der Waals surface area contributed by atoms with E-state index in [1.165, 1.54) is 0 Å². The van der Waals surface area contributed by atoms with E-state index < -0.39 is 0 Å². The zero-order valence-electron chi connectivity index (χ0n) is 51.5. The van der Waals surface area contributed by atoms with Crippen LogP contribution in [0.1, 0.15) is 26.2 Å². The minimum atomic E-state index is -0.186. The fourth-order valence-corrected chi connectivity index (χ4v) is 6.26. The van der Waals surface area contributed by atoms with Crippen LogP contribution in [0.25, 0.3) is 0 Å². The maximum Gasteiger partial charge on any atom is 0.246 e. The first-order valence-corrected chi connectivity index (χ1v) is 29.8. The highest BCUT2D eigenvalue weighted by Crippen LogP contribution is 2.00. The summed E-state index contributed by atoms with van der Waals surface area (Å²) in [5.41, 5.74) is 0. The average molecular weight is 1230 g/mol. The van der Waals surface area contributed by atoms with Crippen molar-refractivity contribution >= 4 is 11.8 Å². The number of nitrogens with one attached hydrogen (secondary N) is 2. The Balaban J connectivity index is 3.26. The molecule has 0 saturated carbocycles. The van der Waals surface area contributed by atoms with Gasteiger partial charge in [0.05, 0.1) is 291 Å². The molecule has 0 aromatic carbocycles. The van der Waals surface area contributed by atoms with E-state index in [0.717, 1.165) is 19.3 Å². The van der Waals surface area contributed by atoms with Crippen LogP contribution in [-0.4, -0.2) is 343 Å². The molecule has 0 aliphatic carbocycles. The van der Waals surface area contributed by atoms with Crippen molar-refractivity contribution in [3.8, 4) is 0 Å². The molecule has 2 amide bonds. The highest BCUT2D eigenvalue weighted by molar-refractivity contribution is 5.77. The lowest BCUT2D eigenvalue weighted by atomic mass is 10.1. The Morgan fingerprint density at radius 2 is 0.429 bits per heavy atom. The van der Waals surface area contributed by atoms with Gasteiger partial charge in [-0.2, -0.15) is 0 Å². The standard InChI is InChI=1S/C56H112N2O26/c1-54(58-56(60)53-84-51-49-82-47-45-80-43-41-78-39-37-76-35-33-74-31-29-72-27-25-70-23-21-68-19-17-66-15-13-64-11-9-62-3)6-4-5-7-57-55(59)52-83-50-48-81-46-44-79-42-40-77-38-36-75-34-32-73-30-28-71-26-24-69-22-20-67-18-16-65-14-12-63-10-8-61-2/h54H,4-53H2,1-3H3,(H,57,59)(H,58,60)/t54-/m1/s1. The maximum atomic E-state index is 12.2. The molecule has 0 fully saturated rings. The number of hydrogen-bond acceptors (Lipinski definition) is 26. The summed E-state index contributed by atoms with van der Waals surface area (Å²) in [6.07, 6.45) is 2.39. The third-order valence-corrected chi connectivity index (χ3v) is 10.6. The molecular weight excluding hydrogens is 1120 g/mol. The Hall–Kier alpha value is -2.02. The second-order valence-corrected chi connectivity index (χ2v) is 17.7. The van der Waals surface area contributed by atoms with Gasteiger partial charge in [0.25, 0.3) is 0 Å². The van der Waals surface area contributed by atoms with Crippen molar-refractivity contribution < 1.29 is 123 Å². The molecule has 84 heavy (non-hydrogen) atoms. The summed E-state index contributed by atoms with van der Waals surface area (Å²) in [5, 5.41) is 5.78. The van der Waals surface area contributed by atoms with Crippen molar-refractivity contribution in [2.45, 2.75) is 32.2 Å². The van der Waals surface area contributed by atoms with Crippen LogP contribution in [-0.2, 0) is 123 Å². The van der Waals surface area contributed by atoms with Gasteiger partial charge < -0.3 is 124 Å². The Labute approximate surface area is 501 Å². The number of carbonyl (C=O) groups excluding carboxylic acids is 2. The van der Waals surface area contributed by atoms with Crippen molar-refractivity contribution in [1.82, 2.24) is 10.6 Å². The molecule has 0 aliphatic heterocycles. The quantitative estimate of drug-likeness (QED) is 0.0782. The number of amides is 2. The Morgan fingerprint density at radius 3 is 0.631 bits per heavy atom. The normalized spacial score (nSPS) is 12.0. The van der Waals surface area contributed by atoms with Gasteiger partial charge in [0.1, 0.15) is 13.2 Å². The van der Waals surface area contributed by atoms with E-state index in [1.54, 1.807) is 14.2 Å². The third kappa shape index (κ3) is 74.2. The van der Waals surface area contributed by atoms with E-state index in [2.05, 4.69) is 10.6 Å². The minimum Gasteiger partial charge on any atom is -0.382 e. The van der Waals surface area contributed by atoms with Crippen LogP contribution >= 0.6 is 0 Å². The van der Waals surface area contributed by atoms with Gasteiger partial charge in [-0.15, -0.1) is 0 Å². The first-order valence-electron chi connectivity index (χ1n) is 29.8. The van der Waals surface area contributed by atoms with Gasteiger partial charge in [0.15, 0.2) is 0 Å². The lowest BCUT2D eigenvalue weighted by Crippen LogP contribution is -2.35. The molecule has 0 aromatic rings. The second kappa shape index (κ2) is 75.2. The number of unbranched alkanes of at least 4 members (excludes halogenated alkanes) is 1. The smallest absolute Gasteiger partial charge is 0.246 e. The average Bonchev–Trinajstić information content (AvgIpc) is 3.49. The number of hydrogen-bond donors (Lipinski definition) is 2. The van der Waals surface area contributed by atoms with Crippen LogP contribution in [0.4, 0.5) is 0 Å². The summed E-state index contributed by atoms with van der Waals surface area (Å²) >= 11 is 0. The fraction of sp³-hybridized carbons (Fsp3) is 0.964. The monoisotopic (exact) mass is 1230 g/mol. The van der Waals surface area contributed by atoms with E-state index in [4.69, 9.17) is 114 Å². The first-order chi connectivity index (χ1) is 41.6. The fourth-order valence-electron chi connectivity index (χ4n) is 6.26. The minimum absolute atomic E-state index is 0.0197. The van der Waals surface area contributed by atoms with Crippen LogP contribution in [0.2, 0.25) is 0 Å². The van der Waals surface area contributed by atoms with Crippen LogP contribution in [0.5, 0.6) is 0 Å². The predicted molar refractivity (Wildman–Crippen MR) is 306 cm³/mol. The van der Waals surface area contributed by atoms with E-state index in [-0.39, 0.29) is 31.1 Å². The number of rotatable bonds is 76. The zero-order valence-corrected chi connectivity index (χ0v) is 51.5. The van der Waals surface area contributed by atoms with Gasteiger partial charge >= 0.3 is 0 Å². The molecule has 0 aliphatic rings. The summed E-state index contributed by atoms with van der Waals surface area (Å²) in [7, 11) is 3.28. The van der Waals surface area contributed by atoms with Crippen molar-refractivity contribution in [3.63, 3.8) is 0 Å². The summed E-state index contributed by atoms with van der Waals surface area (Å²) in [6.45, 7) is 23.4. The molecule has 2 N–H and O–H groups in total. The van der Waals surface area contributed by atoms with Gasteiger partial charge in [0, 0.05) is 26.8 Å². The highest BCUT2D eigenvalue weighted by atomic mass is 16.6. The summed E-state index contributed by atoms with van der Waals surface area (Å²) in [5.74, 6) is -0.372. The first kappa shape index (κ1) is 82.0. The number of ether oxygens (including phenoxy) is 24. The molecule has 0 radical (unpaired) electrons. The van der Waals surface area contributed by atoms with Gasteiger partial charge in [0.2, 0.25) is 11.8 Å². The zero-order chi connectivity index (χ0) is 60.5. The molecule has 1 atom stereocenters. The molecule has 0 saturated heterocycles. The number of carbonyl (C=O) groups is 2. The topological polar surface area (TPSA) is 280 Å². The van der Waals surface area contributed by atoms with Crippen molar-refractivity contribution in [2.24, 2.45) is 0 Å². The summed E-state index contributed by atoms with van der Waals surface area (Å²) in [6, 6.07) is -0.0197. The molecular formula is C56H112N2O26. The molecule has 0 rings (SSSR count). The van der Waals surface area contributed by atoms with E-state index in [0.29, 0.717) is 297 Å². The molecule has 0 spiro atoms. The van der Waals surface area contributed by atoms with Crippen molar-refractivity contribution in [2.75, 3.05) is 325 Å². The molecule has 28 heteroatoms. The van der Waals surface area contributed by atoms with Gasteiger partial charge in [-0.3, -0.25) is 9.59 Å². The Bertz CT molecular complexity index is 1260. The molecule has 0 heterocycles. The molecule has 0 unspecified atom stereocenters. The third-order valence-electron chi connectivity index (χ3n) is 10.6. The summed E-state index contributed by atoms with van der Waals surface area (Å²) < 4.78 is 130. The van der Waals surface area contributed by atoms with Crippen LogP contribution in [0, 0.1) is 0 Å². The van der Waals surface area contributed by atoms with E-state index >= 15 is 0 Å². The Kier molecular flexibility index (Phi) is 73.4. The van der Waals surface area contributed by atoms with Crippen molar-refractivity contribution in [3.05, 3.63) is 0 Å². The maximum absolute atomic E-state index is 12.2. The SMILES string of the molecule is COCCOCCOCCOCCOCCOCCOCCOCCOCCOCCOCCOCC(=O)NCCCC[C@@H](C)NC(=O)COCCOCCOCCOCCOCCOCCOCCOCCOCCOCCOCCOC. The van der Waals surface area contributed by atoms with E-state index in [9.17, 15) is 9.59 Å².